The molecule has 2 N–H and O–H groups in total. The van der Waals surface area contributed by atoms with Gasteiger partial charge in [0.25, 0.3) is 0 Å². The second-order valence-corrected chi connectivity index (χ2v) is 6.28. The number of fused-ring (bicyclic) bond motifs is 1. The number of carbonyl (C=O) groups is 2. The highest BCUT2D eigenvalue weighted by Crippen LogP contribution is 2.31. The Kier molecular flexibility index (Phi) is 4.90. The highest BCUT2D eigenvalue weighted by molar-refractivity contribution is 5.78. The molecule has 3 rings (SSSR count). The molecule has 0 aromatic carbocycles. The van der Waals surface area contributed by atoms with E-state index in [0.717, 1.165) is 19.4 Å². The van der Waals surface area contributed by atoms with Crippen LogP contribution in [0.15, 0.2) is 12.7 Å². The fourth-order valence-corrected chi connectivity index (χ4v) is 3.72. The number of nitrogens with two attached hydrogens (primary N) is 1. The van der Waals surface area contributed by atoms with Crippen molar-refractivity contribution >= 4 is 11.8 Å². The molecule has 1 aromatic rings. The number of nitrogens with zero attached hydrogens (tertiary/aromatic N) is 5. The van der Waals surface area contributed by atoms with Crippen LogP contribution in [0.1, 0.15) is 25.7 Å². The van der Waals surface area contributed by atoms with E-state index in [2.05, 4.69) is 10.1 Å². The Hall–Kier alpha value is -1.96. The molecule has 2 fully saturated rings. The van der Waals surface area contributed by atoms with Crippen LogP contribution in [-0.2, 0) is 16.1 Å². The summed E-state index contributed by atoms with van der Waals surface area (Å²) in [5, 5.41) is 4.02. The first kappa shape index (κ1) is 15.9. The van der Waals surface area contributed by atoms with Gasteiger partial charge in [-0.3, -0.25) is 14.3 Å². The zero-order chi connectivity index (χ0) is 16.2. The summed E-state index contributed by atoms with van der Waals surface area (Å²) < 4.78 is 1.67. The third-order valence-electron chi connectivity index (χ3n) is 4.89. The van der Waals surface area contributed by atoms with E-state index in [9.17, 15) is 9.59 Å². The number of amides is 2. The zero-order valence-electron chi connectivity index (χ0n) is 13.3. The quantitative estimate of drug-likeness (QED) is 0.786. The maximum Gasteiger partial charge on any atom is 0.224 e. The topological polar surface area (TPSA) is 97.3 Å². The smallest absolute Gasteiger partial charge is 0.224 e. The summed E-state index contributed by atoms with van der Waals surface area (Å²) in [6.07, 6.45) is 5.83. The lowest BCUT2D eigenvalue weighted by Crippen LogP contribution is -2.57. The molecule has 0 bridgehead atoms. The minimum atomic E-state index is 0.154. The summed E-state index contributed by atoms with van der Waals surface area (Å²) in [5.41, 5.74) is 5.63. The highest BCUT2D eigenvalue weighted by atomic mass is 16.2. The third kappa shape index (κ3) is 3.52. The molecule has 0 saturated carbocycles. The summed E-state index contributed by atoms with van der Waals surface area (Å²) in [6, 6.07) is 0.249. The Bertz CT molecular complexity index is 546. The fourth-order valence-electron chi connectivity index (χ4n) is 3.72. The molecule has 2 atom stereocenters. The number of likely N-dealkylation sites (tertiary alicyclic amines) is 2. The standard InChI is InChI=1S/C15H24N6O2/c16-5-8-21-13-3-6-19(9-12(13)1-2-15(21)23)14(22)4-7-20-11-17-10-18-20/h10-13H,1-9,16H2/t12-,13+/m0/s1. The van der Waals surface area contributed by atoms with Gasteiger partial charge >= 0.3 is 0 Å². The number of rotatable bonds is 5. The van der Waals surface area contributed by atoms with Gasteiger partial charge in [-0.05, 0) is 18.8 Å². The molecule has 3 heterocycles. The lowest BCUT2D eigenvalue weighted by Gasteiger charge is -2.47. The summed E-state index contributed by atoms with van der Waals surface area (Å²) in [7, 11) is 0. The molecule has 126 valence electrons. The average molecular weight is 320 g/mol. The van der Waals surface area contributed by atoms with Crippen molar-refractivity contribution in [2.45, 2.75) is 38.3 Å². The molecule has 8 nitrogen and oxygen atoms in total. The fraction of sp³-hybridized carbons (Fsp3) is 0.733. The summed E-state index contributed by atoms with van der Waals surface area (Å²) >= 11 is 0. The van der Waals surface area contributed by atoms with Gasteiger partial charge in [0.05, 0.1) is 6.54 Å². The normalized spacial score (nSPS) is 24.7. The monoisotopic (exact) mass is 320 g/mol. The van der Waals surface area contributed by atoms with E-state index in [1.807, 2.05) is 9.80 Å². The molecule has 1 aromatic heterocycles. The van der Waals surface area contributed by atoms with Gasteiger partial charge < -0.3 is 15.5 Å². The minimum Gasteiger partial charge on any atom is -0.342 e. The molecule has 2 aliphatic heterocycles. The zero-order valence-corrected chi connectivity index (χ0v) is 13.3. The molecule has 0 radical (unpaired) electrons. The first-order valence-corrected chi connectivity index (χ1v) is 8.28. The van der Waals surface area contributed by atoms with Crippen molar-refractivity contribution in [3.8, 4) is 0 Å². The molecular weight excluding hydrogens is 296 g/mol. The van der Waals surface area contributed by atoms with Gasteiger partial charge in [0, 0.05) is 45.1 Å². The number of piperidine rings is 2. The van der Waals surface area contributed by atoms with Crippen molar-refractivity contribution in [1.82, 2.24) is 24.6 Å². The Morgan fingerprint density at radius 2 is 2.22 bits per heavy atom. The molecule has 23 heavy (non-hydrogen) atoms. The SMILES string of the molecule is NCCN1C(=O)CC[C@H]2CN(C(=O)CCn3cncn3)CC[C@H]21. The van der Waals surface area contributed by atoms with E-state index >= 15 is 0 Å². The summed E-state index contributed by atoms with van der Waals surface area (Å²) in [4.78, 5) is 32.2. The molecule has 8 heteroatoms. The van der Waals surface area contributed by atoms with Gasteiger partial charge in [-0.15, -0.1) is 0 Å². The van der Waals surface area contributed by atoms with Crippen molar-refractivity contribution < 1.29 is 9.59 Å². The van der Waals surface area contributed by atoms with Gasteiger partial charge in [-0.25, -0.2) is 4.98 Å². The minimum absolute atomic E-state index is 0.154. The molecule has 2 saturated heterocycles. The number of aryl methyl sites for hydroxylation is 1. The predicted molar refractivity (Wildman–Crippen MR) is 83.1 cm³/mol. The summed E-state index contributed by atoms with van der Waals surface area (Å²) in [5.74, 6) is 0.743. The van der Waals surface area contributed by atoms with Crippen molar-refractivity contribution in [2.24, 2.45) is 11.7 Å². The molecule has 0 aliphatic carbocycles. The van der Waals surface area contributed by atoms with Crippen LogP contribution in [-0.4, -0.2) is 68.6 Å². The third-order valence-corrected chi connectivity index (χ3v) is 4.89. The van der Waals surface area contributed by atoms with Crippen molar-refractivity contribution in [3.63, 3.8) is 0 Å². The van der Waals surface area contributed by atoms with Crippen molar-refractivity contribution in [3.05, 3.63) is 12.7 Å². The van der Waals surface area contributed by atoms with Gasteiger partial charge in [0.15, 0.2) is 0 Å². The maximum absolute atomic E-state index is 12.4. The van der Waals surface area contributed by atoms with Gasteiger partial charge in [-0.2, -0.15) is 5.10 Å². The molecule has 2 aliphatic rings. The van der Waals surface area contributed by atoms with Gasteiger partial charge in [0.1, 0.15) is 12.7 Å². The molecule has 0 spiro atoms. The lowest BCUT2D eigenvalue weighted by molar-refractivity contribution is -0.144. The van der Waals surface area contributed by atoms with Crippen LogP contribution in [0, 0.1) is 5.92 Å². The second-order valence-electron chi connectivity index (χ2n) is 6.28. The average Bonchev–Trinajstić information content (AvgIpc) is 3.08. The van der Waals surface area contributed by atoms with Crippen molar-refractivity contribution in [1.29, 1.82) is 0 Å². The van der Waals surface area contributed by atoms with Gasteiger partial charge in [0.2, 0.25) is 11.8 Å². The second kappa shape index (κ2) is 7.08. The van der Waals surface area contributed by atoms with Crippen LogP contribution in [0.3, 0.4) is 0 Å². The maximum atomic E-state index is 12.4. The van der Waals surface area contributed by atoms with E-state index in [-0.39, 0.29) is 17.9 Å². The highest BCUT2D eigenvalue weighted by Gasteiger charge is 2.39. The van der Waals surface area contributed by atoms with Crippen LogP contribution in [0.25, 0.3) is 0 Å². The van der Waals surface area contributed by atoms with Crippen LogP contribution < -0.4 is 5.73 Å². The number of carbonyl (C=O) groups excluding carboxylic acids is 2. The lowest BCUT2D eigenvalue weighted by atomic mass is 9.83. The predicted octanol–water partition coefficient (Wildman–Crippen LogP) is -0.534. The first-order chi connectivity index (χ1) is 11.2. The van der Waals surface area contributed by atoms with E-state index in [0.29, 0.717) is 44.9 Å². The van der Waals surface area contributed by atoms with Gasteiger partial charge in [-0.1, -0.05) is 0 Å². The molecule has 0 unspecified atom stereocenters. The van der Waals surface area contributed by atoms with E-state index in [1.54, 1.807) is 11.0 Å². The Balaban J connectivity index is 1.55. The van der Waals surface area contributed by atoms with Crippen LogP contribution in [0.2, 0.25) is 0 Å². The van der Waals surface area contributed by atoms with Crippen LogP contribution in [0.5, 0.6) is 0 Å². The Labute approximate surface area is 135 Å². The number of aromatic nitrogens is 3. The number of hydrogen-bond acceptors (Lipinski definition) is 5. The molecular formula is C15H24N6O2. The number of hydrogen-bond donors (Lipinski definition) is 1. The van der Waals surface area contributed by atoms with Crippen LogP contribution in [0.4, 0.5) is 0 Å². The summed E-state index contributed by atoms with van der Waals surface area (Å²) in [6.45, 7) is 3.14. The Morgan fingerprint density at radius 3 is 2.96 bits per heavy atom. The largest absolute Gasteiger partial charge is 0.342 e. The Morgan fingerprint density at radius 1 is 1.35 bits per heavy atom. The van der Waals surface area contributed by atoms with E-state index < -0.39 is 0 Å². The molecule has 2 amide bonds. The van der Waals surface area contributed by atoms with Crippen molar-refractivity contribution in [2.75, 3.05) is 26.2 Å². The van der Waals surface area contributed by atoms with E-state index in [4.69, 9.17) is 5.73 Å². The first-order valence-electron chi connectivity index (χ1n) is 8.28. The van der Waals surface area contributed by atoms with Crippen LogP contribution >= 0.6 is 0 Å². The van der Waals surface area contributed by atoms with E-state index in [1.165, 1.54) is 6.33 Å².